The van der Waals surface area contributed by atoms with Crippen molar-refractivity contribution < 1.29 is 14.4 Å². The highest BCUT2D eigenvalue weighted by atomic mass is 16.6. The number of carbonyl (C=O) groups is 1. The molecule has 0 saturated heterocycles. The first-order valence-electron chi connectivity index (χ1n) is 5.38. The van der Waals surface area contributed by atoms with Crippen LogP contribution >= 0.6 is 0 Å². The summed E-state index contributed by atoms with van der Waals surface area (Å²) in [6, 6.07) is 7.43. The van der Waals surface area contributed by atoms with E-state index in [9.17, 15) is 4.79 Å². The van der Waals surface area contributed by atoms with Gasteiger partial charge in [0.2, 0.25) is 0 Å². The number of benzene rings is 1. The lowest BCUT2D eigenvalue weighted by Crippen LogP contribution is -2.41. The van der Waals surface area contributed by atoms with Gasteiger partial charge in [-0.05, 0) is 31.0 Å². The minimum atomic E-state index is -0.345. The van der Waals surface area contributed by atoms with Gasteiger partial charge in [0.05, 0.1) is 14.2 Å². The third-order valence-corrected chi connectivity index (χ3v) is 2.25. The molecule has 0 bridgehead atoms. The van der Waals surface area contributed by atoms with E-state index in [-0.39, 0.29) is 12.1 Å². The van der Waals surface area contributed by atoms with Crippen molar-refractivity contribution in [2.75, 3.05) is 14.2 Å². The molecule has 0 aliphatic rings. The Bertz CT molecular complexity index is 369. The maximum Gasteiger partial charge on any atom is 0.338 e. The summed E-state index contributed by atoms with van der Waals surface area (Å²) in [6.07, 6.45) is 0.730. The first kappa shape index (κ1) is 13.3. The third-order valence-electron chi connectivity index (χ3n) is 2.25. The van der Waals surface area contributed by atoms with Crippen molar-refractivity contribution in [1.29, 1.82) is 0 Å². The summed E-state index contributed by atoms with van der Waals surface area (Å²) in [7, 11) is 3.03. The van der Waals surface area contributed by atoms with Crippen LogP contribution in [0.25, 0.3) is 0 Å². The van der Waals surface area contributed by atoms with Crippen LogP contribution in [0.15, 0.2) is 24.3 Å². The topological polar surface area (TPSA) is 59.6 Å². The molecule has 0 spiro atoms. The number of amides is 2. The summed E-state index contributed by atoms with van der Waals surface area (Å²) < 4.78 is 5.14. The van der Waals surface area contributed by atoms with E-state index >= 15 is 0 Å². The van der Waals surface area contributed by atoms with Gasteiger partial charge in [0.15, 0.2) is 0 Å². The van der Waals surface area contributed by atoms with E-state index in [2.05, 4.69) is 15.6 Å². The zero-order valence-electron chi connectivity index (χ0n) is 10.3. The van der Waals surface area contributed by atoms with Crippen LogP contribution in [0.2, 0.25) is 0 Å². The van der Waals surface area contributed by atoms with Gasteiger partial charge >= 0.3 is 6.03 Å². The molecule has 0 fully saturated rings. The Balaban J connectivity index is 2.49. The molecule has 0 radical (unpaired) electrons. The molecule has 5 nitrogen and oxygen atoms in total. The summed E-state index contributed by atoms with van der Waals surface area (Å²) in [5, 5.41) is 2.75. The smallest absolute Gasteiger partial charge is 0.338 e. The average molecular weight is 238 g/mol. The second-order valence-electron chi connectivity index (χ2n) is 3.74. The third kappa shape index (κ3) is 4.74. The molecule has 0 aliphatic carbocycles. The first-order valence-corrected chi connectivity index (χ1v) is 5.38. The molecule has 1 aromatic carbocycles. The minimum Gasteiger partial charge on any atom is -0.497 e. The lowest BCUT2D eigenvalue weighted by atomic mass is 10.1. The molecule has 1 aromatic rings. The molecule has 0 aromatic heterocycles. The van der Waals surface area contributed by atoms with Crippen molar-refractivity contribution in [3.8, 4) is 5.75 Å². The molecular formula is C12H18N2O3. The number of hydrogen-bond donors (Lipinski definition) is 2. The van der Waals surface area contributed by atoms with E-state index in [1.165, 1.54) is 7.11 Å². The summed E-state index contributed by atoms with van der Waals surface area (Å²) in [6.45, 7) is 1.93. The number of hydrogen-bond acceptors (Lipinski definition) is 3. The van der Waals surface area contributed by atoms with Crippen molar-refractivity contribution in [3.05, 3.63) is 29.8 Å². The van der Waals surface area contributed by atoms with Gasteiger partial charge in [-0.2, -0.15) is 0 Å². The normalized spacial score (nSPS) is 11.7. The lowest BCUT2D eigenvalue weighted by molar-refractivity contribution is 0.106. The van der Waals surface area contributed by atoms with Crippen LogP contribution in [-0.2, 0) is 11.3 Å². The van der Waals surface area contributed by atoms with Gasteiger partial charge < -0.3 is 10.1 Å². The molecule has 0 aliphatic heterocycles. The van der Waals surface area contributed by atoms with E-state index in [1.807, 2.05) is 31.2 Å². The monoisotopic (exact) mass is 238 g/mol. The fourth-order valence-electron chi connectivity index (χ4n) is 1.55. The number of ether oxygens (including phenoxy) is 1. The standard InChI is InChI=1S/C12H18N2O3/c1-9(13-12(15)14-17-3)7-10-5-4-6-11(8-10)16-2/h4-6,8-9H,7H2,1-3H3,(H2,13,14,15)/t9-/m0/s1. The van der Waals surface area contributed by atoms with Crippen LogP contribution in [0.3, 0.4) is 0 Å². The van der Waals surface area contributed by atoms with Crippen LogP contribution in [0, 0.1) is 0 Å². The highest BCUT2D eigenvalue weighted by molar-refractivity contribution is 5.72. The quantitative estimate of drug-likeness (QED) is 0.764. The van der Waals surface area contributed by atoms with E-state index < -0.39 is 0 Å². The second-order valence-corrected chi connectivity index (χ2v) is 3.74. The summed E-state index contributed by atoms with van der Waals surface area (Å²) in [5.41, 5.74) is 3.32. The van der Waals surface area contributed by atoms with Gasteiger partial charge in [-0.25, -0.2) is 10.3 Å². The highest BCUT2D eigenvalue weighted by Crippen LogP contribution is 2.13. The second kappa shape index (κ2) is 6.75. The Labute approximate surface area is 101 Å². The van der Waals surface area contributed by atoms with E-state index in [1.54, 1.807) is 7.11 Å². The fraction of sp³-hybridized carbons (Fsp3) is 0.417. The summed E-state index contributed by atoms with van der Waals surface area (Å²) >= 11 is 0. The Hall–Kier alpha value is -1.75. The maximum atomic E-state index is 11.2. The Kier molecular flexibility index (Phi) is 5.29. The molecule has 2 amide bonds. The zero-order valence-corrected chi connectivity index (χ0v) is 10.3. The summed E-state index contributed by atoms with van der Waals surface area (Å²) in [4.78, 5) is 15.7. The van der Waals surface area contributed by atoms with Gasteiger partial charge in [0, 0.05) is 6.04 Å². The maximum absolute atomic E-state index is 11.2. The largest absolute Gasteiger partial charge is 0.497 e. The average Bonchev–Trinajstić information content (AvgIpc) is 2.29. The van der Waals surface area contributed by atoms with Crippen LogP contribution in [0.5, 0.6) is 5.75 Å². The van der Waals surface area contributed by atoms with Crippen molar-refractivity contribution in [3.63, 3.8) is 0 Å². The highest BCUT2D eigenvalue weighted by Gasteiger charge is 2.07. The number of methoxy groups -OCH3 is 1. The predicted molar refractivity (Wildman–Crippen MR) is 64.8 cm³/mol. The molecule has 0 unspecified atom stereocenters. The Morgan fingerprint density at radius 3 is 2.82 bits per heavy atom. The van der Waals surface area contributed by atoms with E-state index in [4.69, 9.17) is 4.74 Å². The van der Waals surface area contributed by atoms with E-state index in [0.717, 1.165) is 17.7 Å². The number of nitrogens with one attached hydrogen (secondary N) is 2. The van der Waals surface area contributed by atoms with Crippen LogP contribution in [-0.4, -0.2) is 26.3 Å². The predicted octanol–water partition coefficient (Wildman–Crippen LogP) is 1.49. The lowest BCUT2D eigenvalue weighted by Gasteiger charge is -2.14. The molecule has 0 saturated carbocycles. The van der Waals surface area contributed by atoms with Gasteiger partial charge in [0.25, 0.3) is 0 Å². The van der Waals surface area contributed by atoms with Crippen LogP contribution in [0.1, 0.15) is 12.5 Å². The molecule has 5 heteroatoms. The van der Waals surface area contributed by atoms with Crippen molar-refractivity contribution in [2.24, 2.45) is 0 Å². The summed E-state index contributed by atoms with van der Waals surface area (Å²) in [5.74, 6) is 0.816. The molecule has 0 heterocycles. The van der Waals surface area contributed by atoms with Gasteiger partial charge in [-0.3, -0.25) is 4.84 Å². The first-order chi connectivity index (χ1) is 8.15. The van der Waals surface area contributed by atoms with Crippen molar-refractivity contribution in [2.45, 2.75) is 19.4 Å². The Morgan fingerprint density at radius 1 is 1.41 bits per heavy atom. The van der Waals surface area contributed by atoms with Gasteiger partial charge in [0.1, 0.15) is 5.75 Å². The number of urea groups is 1. The van der Waals surface area contributed by atoms with Gasteiger partial charge in [-0.15, -0.1) is 0 Å². The zero-order chi connectivity index (χ0) is 12.7. The van der Waals surface area contributed by atoms with Crippen molar-refractivity contribution in [1.82, 2.24) is 10.8 Å². The molecule has 94 valence electrons. The van der Waals surface area contributed by atoms with Crippen LogP contribution < -0.4 is 15.5 Å². The van der Waals surface area contributed by atoms with Crippen molar-refractivity contribution >= 4 is 6.03 Å². The molecule has 2 N–H and O–H groups in total. The Morgan fingerprint density at radius 2 is 2.18 bits per heavy atom. The molecule has 17 heavy (non-hydrogen) atoms. The fourth-order valence-corrected chi connectivity index (χ4v) is 1.55. The van der Waals surface area contributed by atoms with Crippen LogP contribution in [0.4, 0.5) is 4.79 Å². The number of rotatable bonds is 5. The SMILES string of the molecule is CONC(=O)N[C@@H](C)Cc1cccc(OC)c1. The molecule has 1 atom stereocenters. The number of carbonyl (C=O) groups excluding carboxylic acids is 1. The molecular weight excluding hydrogens is 220 g/mol. The number of hydroxylamine groups is 1. The van der Waals surface area contributed by atoms with Gasteiger partial charge in [-0.1, -0.05) is 12.1 Å². The molecule has 1 rings (SSSR count). The van der Waals surface area contributed by atoms with E-state index in [0.29, 0.717) is 0 Å². The minimum absolute atomic E-state index is 0.0113.